The zero-order valence-electron chi connectivity index (χ0n) is 10.5. The van der Waals surface area contributed by atoms with Crippen molar-refractivity contribution in [3.05, 3.63) is 0 Å². The van der Waals surface area contributed by atoms with Gasteiger partial charge in [0, 0.05) is 0 Å². The van der Waals surface area contributed by atoms with Gasteiger partial charge in [-0.1, -0.05) is 13.8 Å². The molecule has 0 spiro atoms. The van der Waals surface area contributed by atoms with Crippen LogP contribution < -0.4 is 0 Å². The van der Waals surface area contributed by atoms with Crippen LogP contribution in [0.25, 0.3) is 0 Å². The number of halogens is 5. The van der Waals surface area contributed by atoms with Crippen LogP contribution in [0.1, 0.15) is 33.1 Å². The van der Waals surface area contributed by atoms with E-state index >= 15 is 0 Å². The minimum atomic E-state index is -5.16. The van der Waals surface area contributed by atoms with Crippen LogP contribution in [0.3, 0.4) is 0 Å². The maximum Gasteiger partial charge on any atom is 0.479 e. The molecule has 116 valence electrons. The highest BCUT2D eigenvalue weighted by Crippen LogP contribution is 2.55. The van der Waals surface area contributed by atoms with Crippen LogP contribution in [0.15, 0.2) is 0 Å². The van der Waals surface area contributed by atoms with Gasteiger partial charge in [0.15, 0.2) is 0 Å². The second-order valence-corrected chi connectivity index (χ2v) is 5.23. The number of hydrogen-bond acceptors (Lipinski definition) is 4. The topological polar surface area (TPSA) is 44.8 Å². The molecule has 0 aliphatic rings. The van der Waals surface area contributed by atoms with Gasteiger partial charge in [-0.3, -0.25) is 9.05 Å². The predicted molar refractivity (Wildman–Crippen MR) is 56.8 cm³/mol. The summed E-state index contributed by atoms with van der Waals surface area (Å²) < 4.78 is 86.1. The standard InChI is InChI=1S/C9H16F5O4P/c1-3-5-16-19(15,17-6-4-2)18-9(13,14)7-8(10,11)12/h3-7H2,1-2H3. The smallest absolute Gasteiger partial charge is 0.287 e. The average molecular weight is 314 g/mol. The van der Waals surface area contributed by atoms with Gasteiger partial charge in [-0.15, -0.1) is 0 Å². The highest BCUT2D eigenvalue weighted by molar-refractivity contribution is 7.48. The van der Waals surface area contributed by atoms with Crippen molar-refractivity contribution in [1.82, 2.24) is 0 Å². The Balaban J connectivity index is 4.74. The van der Waals surface area contributed by atoms with Crippen LogP contribution in [-0.4, -0.2) is 25.5 Å². The van der Waals surface area contributed by atoms with E-state index in [2.05, 4.69) is 13.6 Å². The Morgan fingerprint density at radius 1 is 0.947 bits per heavy atom. The maximum atomic E-state index is 13.0. The molecule has 0 aromatic carbocycles. The Morgan fingerprint density at radius 3 is 1.68 bits per heavy atom. The number of phosphoric acid groups is 1. The summed E-state index contributed by atoms with van der Waals surface area (Å²) in [6.45, 7) is 2.72. The number of alkyl halides is 5. The zero-order valence-corrected chi connectivity index (χ0v) is 11.4. The molecule has 0 atom stereocenters. The SMILES string of the molecule is CCCOP(=O)(OCCC)OC(F)(F)CC(F)(F)F. The average Bonchev–Trinajstić information content (AvgIpc) is 2.19. The Kier molecular flexibility index (Phi) is 7.42. The van der Waals surface area contributed by atoms with Crippen molar-refractivity contribution in [3.8, 4) is 0 Å². The summed E-state index contributed by atoms with van der Waals surface area (Å²) in [7, 11) is -4.71. The monoisotopic (exact) mass is 314 g/mol. The number of phosphoric ester groups is 1. The lowest BCUT2D eigenvalue weighted by molar-refractivity contribution is -0.261. The highest BCUT2D eigenvalue weighted by atomic mass is 31.2. The van der Waals surface area contributed by atoms with Crippen molar-refractivity contribution in [3.63, 3.8) is 0 Å². The first-order chi connectivity index (χ1) is 8.54. The molecule has 0 rings (SSSR count). The van der Waals surface area contributed by atoms with Crippen LogP contribution in [0.5, 0.6) is 0 Å². The van der Waals surface area contributed by atoms with Gasteiger partial charge in [0.2, 0.25) is 0 Å². The molecule has 0 aliphatic heterocycles. The minimum Gasteiger partial charge on any atom is -0.287 e. The fourth-order valence-electron chi connectivity index (χ4n) is 0.925. The molecule has 0 radical (unpaired) electrons. The normalized spacial score (nSPS) is 13.8. The summed E-state index contributed by atoms with van der Waals surface area (Å²) in [5, 5.41) is 0. The van der Waals surface area contributed by atoms with Gasteiger partial charge >= 0.3 is 20.1 Å². The fraction of sp³-hybridized carbons (Fsp3) is 1.00. The maximum absolute atomic E-state index is 13.0. The highest BCUT2D eigenvalue weighted by Gasteiger charge is 2.50. The van der Waals surface area contributed by atoms with Crippen LogP contribution in [-0.2, 0) is 18.1 Å². The molecule has 19 heavy (non-hydrogen) atoms. The molecule has 0 unspecified atom stereocenters. The van der Waals surface area contributed by atoms with Gasteiger partial charge in [0.05, 0.1) is 13.2 Å². The molecule has 0 saturated carbocycles. The molecule has 0 aromatic rings. The number of rotatable bonds is 9. The second kappa shape index (κ2) is 7.52. The number of hydrogen-bond donors (Lipinski definition) is 0. The van der Waals surface area contributed by atoms with Crippen LogP contribution >= 0.6 is 7.82 Å². The molecule has 0 bridgehead atoms. The first-order valence-electron chi connectivity index (χ1n) is 5.58. The third kappa shape index (κ3) is 9.32. The van der Waals surface area contributed by atoms with Gasteiger partial charge < -0.3 is 0 Å². The molecule has 0 amide bonds. The summed E-state index contributed by atoms with van der Waals surface area (Å²) in [5.74, 6) is 0. The molecule has 0 heterocycles. The largest absolute Gasteiger partial charge is 0.479 e. The summed E-state index contributed by atoms with van der Waals surface area (Å²) in [4.78, 5) is 0. The minimum absolute atomic E-state index is 0.233. The van der Waals surface area contributed by atoms with Crippen LogP contribution in [0.2, 0.25) is 0 Å². The van der Waals surface area contributed by atoms with Crippen molar-refractivity contribution in [2.75, 3.05) is 13.2 Å². The molecule has 0 fully saturated rings. The second-order valence-electron chi connectivity index (χ2n) is 3.63. The molecule has 4 nitrogen and oxygen atoms in total. The van der Waals surface area contributed by atoms with Crippen molar-refractivity contribution in [2.24, 2.45) is 0 Å². The van der Waals surface area contributed by atoms with Crippen molar-refractivity contribution in [2.45, 2.75) is 45.4 Å². The van der Waals surface area contributed by atoms with E-state index in [4.69, 9.17) is 0 Å². The molecule has 0 aromatic heterocycles. The summed E-state index contributed by atoms with van der Waals surface area (Å²) in [5.41, 5.74) is 0. The van der Waals surface area contributed by atoms with E-state index in [1.54, 1.807) is 13.8 Å². The Morgan fingerprint density at radius 2 is 1.37 bits per heavy atom. The Labute approximate surface area is 107 Å². The lowest BCUT2D eigenvalue weighted by Gasteiger charge is -2.23. The Hall–Kier alpha value is -0.240. The van der Waals surface area contributed by atoms with E-state index in [0.29, 0.717) is 12.8 Å². The van der Waals surface area contributed by atoms with E-state index in [1.807, 2.05) is 0 Å². The van der Waals surface area contributed by atoms with Gasteiger partial charge in [-0.25, -0.2) is 9.09 Å². The third-order valence-corrected chi connectivity index (χ3v) is 3.05. The van der Waals surface area contributed by atoms with E-state index in [0.717, 1.165) is 0 Å². The quantitative estimate of drug-likeness (QED) is 0.464. The third-order valence-electron chi connectivity index (χ3n) is 1.56. The van der Waals surface area contributed by atoms with Gasteiger partial charge in [-0.2, -0.15) is 22.0 Å². The molecule has 0 aliphatic carbocycles. The zero-order chi connectivity index (χ0) is 15.2. The Bertz CT molecular complexity index is 295. The molecule has 0 N–H and O–H groups in total. The molecule has 10 heteroatoms. The first kappa shape index (κ1) is 18.8. The van der Waals surface area contributed by atoms with Gasteiger partial charge in [0.1, 0.15) is 6.42 Å². The summed E-state index contributed by atoms with van der Waals surface area (Å²) >= 11 is 0. The van der Waals surface area contributed by atoms with Crippen molar-refractivity contribution in [1.29, 1.82) is 0 Å². The fourth-order valence-corrected chi connectivity index (χ4v) is 2.31. The van der Waals surface area contributed by atoms with Crippen LogP contribution in [0.4, 0.5) is 22.0 Å². The molecule has 0 saturated heterocycles. The molecular formula is C9H16F5O4P. The van der Waals surface area contributed by atoms with Gasteiger partial charge in [-0.05, 0) is 12.8 Å². The molecular weight excluding hydrogens is 298 g/mol. The van der Waals surface area contributed by atoms with Crippen molar-refractivity contribution < 1.29 is 40.1 Å². The first-order valence-corrected chi connectivity index (χ1v) is 7.04. The summed E-state index contributed by atoms with van der Waals surface area (Å²) in [6.07, 6.45) is -11.8. The predicted octanol–water partition coefficient (Wildman–Crippen LogP) is 4.51. The van der Waals surface area contributed by atoms with E-state index < -0.39 is 26.5 Å². The summed E-state index contributed by atoms with van der Waals surface area (Å²) in [6, 6.07) is 0. The van der Waals surface area contributed by atoms with E-state index in [-0.39, 0.29) is 13.2 Å². The van der Waals surface area contributed by atoms with Crippen LogP contribution in [0, 0.1) is 0 Å². The van der Waals surface area contributed by atoms with Crippen molar-refractivity contribution >= 4 is 7.82 Å². The lowest BCUT2D eigenvalue weighted by Crippen LogP contribution is -2.28. The van der Waals surface area contributed by atoms with E-state index in [1.165, 1.54) is 0 Å². The van der Waals surface area contributed by atoms with E-state index in [9.17, 15) is 26.5 Å². The lowest BCUT2D eigenvalue weighted by atomic mass is 10.4. The van der Waals surface area contributed by atoms with Gasteiger partial charge in [0.25, 0.3) is 0 Å².